The molecule has 8 aromatic carbocycles. The summed E-state index contributed by atoms with van der Waals surface area (Å²) < 4.78 is 2.64. The van der Waals surface area contributed by atoms with Gasteiger partial charge in [-0.25, -0.2) is 0 Å². The summed E-state index contributed by atoms with van der Waals surface area (Å²) in [6.45, 7) is 3.32. The molecule has 2 bridgehead atoms. The van der Waals surface area contributed by atoms with Crippen LogP contribution in [0.25, 0.3) is 60.6 Å². The molecule has 0 N–H and O–H groups in total. The molecule has 0 spiro atoms. The molecule has 1 fully saturated rings. The molecule has 9 aromatic rings. The highest BCUT2D eigenvalue weighted by atomic mass is 15.5. The van der Waals surface area contributed by atoms with Crippen molar-refractivity contribution in [2.45, 2.75) is 31.0 Å². The van der Waals surface area contributed by atoms with Crippen LogP contribution in [-0.4, -0.2) is 11.2 Å². The summed E-state index contributed by atoms with van der Waals surface area (Å²) in [6, 6.07) is 63.6. The molecule has 2 aliphatic heterocycles. The maximum Gasteiger partial charge on any atom is 0.0918 e. The van der Waals surface area contributed by atoms with Crippen molar-refractivity contribution in [3.8, 4) is 11.1 Å². The second kappa shape index (κ2) is 11.5. The van der Waals surface area contributed by atoms with E-state index in [2.05, 4.69) is 203 Å². The second-order valence-electron chi connectivity index (χ2n) is 15.9. The summed E-state index contributed by atoms with van der Waals surface area (Å²) in [5.74, 6) is 0. The third-order valence-electron chi connectivity index (χ3n) is 12.9. The third kappa shape index (κ3) is 4.38. The third-order valence-corrected chi connectivity index (χ3v) is 12.9. The van der Waals surface area contributed by atoms with Crippen LogP contribution in [0.4, 0.5) is 11.4 Å². The quantitative estimate of drug-likeness (QED) is 0.181. The van der Waals surface area contributed by atoms with E-state index in [9.17, 15) is 0 Å². The summed E-state index contributed by atoms with van der Waals surface area (Å²) in [4.78, 5) is 5.28. The van der Waals surface area contributed by atoms with E-state index >= 15 is 0 Å². The Balaban J connectivity index is 1.02. The van der Waals surface area contributed by atoms with Gasteiger partial charge in [-0.15, -0.1) is 0 Å². The van der Waals surface area contributed by atoms with Gasteiger partial charge < -0.3 is 14.4 Å². The fraction of sp³-hybridized carbons (Fsp3) is 0.115. The van der Waals surface area contributed by atoms with Gasteiger partial charge in [0.1, 0.15) is 0 Å². The summed E-state index contributed by atoms with van der Waals surface area (Å²) >= 11 is 0. The maximum absolute atomic E-state index is 2.65. The van der Waals surface area contributed by atoms with E-state index in [1.54, 1.807) is 0 Å². The molecule has 3 heteroatoms. The SMILES string of the molecule is CC1(n2c3ccc4ccccc4c3c3c4ccccc4ccc32)C=Cc2c(cccc2C2C(c3cccc(-c4ccccc4)c3)N3CN2c2ccccc23)C1. The Kier molecular flexibility index (Phi) is 6.43. The molecule has 1 saturated heterocycles. The Morgan fingerprint density at radius 1 is 0.527 bits per heavy atom. The molecule has 0 radical (unpaired) electrons. The van der Waals surface area contributed by atoms with Gasteiger partial charge in [0.05, 0.1) is 46.7 Å². The van der Waals surface area contributed by atoms with Crippen LogP contribution in [0.1, 0.15) is 41.3 Å². The van der Waals surface area contributed by atoms with Gasteiger partial charge in [-0.2, -0.15) is 0 Å². The number of anilines is 2. The molecule has 3 heterocycles. The van der Waals surface area contributed by atoms with Gasteiger partial charge >= 0.3 is 0 Å². The van der Waals surface area contributed by atoms with Gasteiger partial charge in [-0.3, -0.25) is 0 Å². The molecule has 1 aliphatic carbocycles. The van der Waals surface area contributed by atoms with Crippen LogP contribution in [0.5, 0.6) is 0 Å². The second-order valence-corrected chi connectivity index (χ2v) is 15.9. The molecule has 0 saturated carbocycles. The summed E-state index contributed by atoms with van der Waals surface area (Å²) in [7, 11) is 0. The molecule has 55 heavy (non-hydrogen) atoms. The fourth-order valence-electron chi connectivity index (χ4n) is 10.5. The lowest BCUT2D eigenvalue weighted by molar-refractivity contribution is 0.429. The first-order valence-electron chi connectivity index (χ1n) is 19.6. The molecule has 3 atom stereocenters. The number of hydrogen-bond donors (Lipinski definition) is 0. The van der Waals surface area contributed by atoms with Crippen LogP contribution in [0.15, 0.2) is 176 Å². The number of hydrogen-bond acceptors (Lipinski definition) is 2. The number of benzene rings is 8. The van der Waals surface area contributed by atoms with E-state index in [4.69, 9.17) is 0 Å². The monoisotopic (exact) mass is 705 g/mol. The van der Waals surface area contributed by atoms with Crippen LogP contribution in [-0.2, 0) is 12.0 Å². The van der Waals surface area contributed by atoms with Crippen molar-refractivity contribution in [2.75, 3.05) is 16.5 Å². The van der Waals surface area contributed by atoms with E-state index in [0.717, 1.165) is 13.1 Å². The standard InChI is InChI=1S/C52H39N3/c1-52(55-46-27-25-35-15-5-7-20-41(35)48(46)49-42-21-8-6-16-36(42)26-28-47(49)55)30-29-40-39(32-52)19-12-22-43(40)51-50(53-33-54(51)45-24-10-9-23-44(45)53)38-18-11-17-37(31-38)34-13-3-2-4-14-34/h2-31,50-51H,32-33H2,1H3. The topological polar surface area (TPSA) is 11.4 Å². The number of para-hydroxylation sites is 2. The molecule has 1 aromatic heterocycles. The first-order chi connectivity index (χ1) is 27.1. The van der Waals surface area contributed by atoms with Gasteiger partial charge in [-0.1, -0.05) is 152 Å². The summed E-state index contributed by atoms with van der Waals surface area (Å²) in [5, 5.41) is 7.89. The van der Waals surface area contributed by atoms with Crippen molar-refractivity contribution in [1.29, 1.82) is 0 Å². The number of fused-ring (bicyclic) bond motifs is 13. The van der Waals surface area contributed by atoms with Gasteiger partial charge in [0, 0.05) is 10.8 Å². The Bertz CT molecular complexity index is 2950. The van der Waals surface area contributed by atoms with Gasteiger partial charge in [-0.05, 0) is 98.6 Å². The highest BCUT2D eigenvalue weighted by Crippen LogP contribution is 2.57. The Morgan fingerprint density at radius 2 is 1.13 bits per heavy atom. The molecule has 0 amide bonds. The highest BCUT2D eigenvalue weighted by molar-refractivity contribution is 6.28. The molecule has 262 valence electrons. The van der Waals surface area contributed by atoms with Gasteiger partial charge in [0.15, 0.2) is 0 Å². The zero-order valence-electron chi connectivity index (χ0n) is 30.7. The first kappa shape index (κ1) is 30.8. The predicted molar refractivity (Wildman–Crippen MR) is 231 cm³/mol. The van der Waals surface area contributed by atoms with Gasteiger partial charge in [0.25, 0.3) is 0 Å². The van der Waals surface area contributed by atoms with Gasteiger partial charge in [0.2, 0.25) is 0 Å². The number of nitrogens with zero attached hydrogens (tertiary/aromatic N) is 3. The molecular weight excluding hydrogens is 667 g/mol. The van der Waals surface area contributed by atoms with Crippen molar-refractivity contribution in [3.05, 3.63) is 198 Å². The molecule has 3 unspecified atom stereocenters. The van der Waals surface area contributed by atoms with Crippen LogP contribution in [0.2, 0.25) is 0 Å². The van der Waals surface area contributed by atoms with E-state index in [0.29, 0.717) is 0 Å². The lowest BCUT2D eigenvalue weighted by Crippen LogP contribution is -2.33. The lowest BCUT2D eigenvalue weighted by Gasteiger charge is -2.39. The van der Waals surface area contributed by atoms with Crippen molar-refractivity contribution in [1.82, 2.24) is 4.57 Å². The maximum atomic E-state index is 2.65. The Morgan fingerprint density at radius 3 is 1.84 bits per heavy atom. The van der Waals surface area contributed by atoms with Crippen LogP contribution < -0.4 is 9.80 Å². The Labute approximate surface area is 321 Å². The Hall–Kier alpha value is -6.58. The van der Waals surface area contributed by atoms with E-state index in [1.165, 1.54) is 88.1 Å². The summed E-state index contributed by atoms with van der Waals surface area (Å²) in [6.07, 6.45) is 5.87. The van der Waals surface area contributed by atoms with E-state index < -0.39 is 0 Å². The van der Waals surface area contributed by atoms with Crippen LogP contribution >= 0.6 is 0 Å². The van der Waals surface area contributed by atoms with Crippen molar-refractivity contribution >= 4 is 60.8 Å². The summed E-state index contributed by atoms with van der Waals surface area (Å²) in [5.41, 5.74) is 13.0. The fourth-order valence-corrected chi connectivity index (χ4v) is 10.5. The van der Waals surface area contributed by atoms with E-state index in [-0.39, 0.29) is 17.6 Å². The number of aromatic nitrogens is 1. The number of allylic oxidation sites excluding steroid dienone is 1. The zero-order chi connectivity index (χ0) is 36.3. The van der Waals surface area contributed by atoms with Crippen LogP contribution in [0.3, 0.4) is 0 Å². The minimum atomic E-state index is -0.273. The normalized spacial score (nSPS) is 19.9. The average molecular weight is 706 g/mol. The molecule has 12 rings (SSSR count). The van der Waals surface area contributed by atoms with Crippen molar-refractivity contribution in [3.63, 3.8) is 0 Å². The van der Waals surface area contributed by atoms with Crippen molar-refractivity contribution < 1.29 is 0 Å². The minimum absolute atomic E-state index is 0.177. The number of rotatable bonds is 4. The van der Waals surface area contributed by atoms with E-state index in [1.807, 2.05) is 0 Å². The minimum Gasteiger partial charge on any atom is -0.343 e. The molecular formula is C52H39N3. The zero-order valence-corrected chi connectivity index (χ0v) is 30.7. The smallest absolute Gasteiger partial charge is 0.0918 e. The highest BCUT2D eigenvalue weighted by Gasteiger charge is 2.49. The van der Waals surface area contributed by atoms with Crippen molar-refractivity contribution in [2.24, 2.45) is 0 Å². The molecule has 3 aliphatic rings. The van der Waals surface area contributed by atoms with Crippen LogP contribution in [0, 0.1) is 0 Å². The lowest BCUT2D eigenvalue weighted by atomic mass is 9.79. The average Bonchev–Trinajstić information content (AvgIpc) is 3.93. The predicted octanol–water partition coefficient (Wildman–Crippen LogP) is 12.8. The molecule has 3 nitrogen and oxygen atoms in total. The largest absolute Gasteiger partial charge is 0.343 e. The first-order valence-corrected chi connectivity index (χ1v) is 19.6.